The average molecular weight is 481 g/mol. The second kappa shape index (κ2) is 9.41. The molecule has 0 aliphatic carbocycles. The fourth-order valence-corrected chi connectivity index (χ4v) is 4.07. The number of aromatic nitrogens is 5. The predicted octanol–water partition coefficient (Wildman–Crippen LogP) is 3.64. The molecule has 4 aromatic rings. The summed E-state index contributed by atoms with van der Waals surface area (Å²) in [6.45, 7) is 7.45. The molecule has 1 fully saturated rings. The van der Waals surface area contributed by atoms with Gasteiger partial charge in [0.15, 0.2) is 11.3 Å². The molecule has 5 rings (SSSR count). The average Bonchev–Trinajstić information content (AvgIpc) is 3.49. The highest BCUT2D eigenvalue weighted by atomic mass is 19.3. The molecule has 0 saturated carbocycles. The zero-order valence-corrected chi connectivity index (χ0v) is 19.4. The molecule has 1 aliphatic heterocycles. The van der Waals surface area contributed by atoms with Gasteiger partial charge in [0.25, 0.3) is 12.3 Å². The molecule has 1 aliphatic rings. The largest absolute Gasteiger partial charge is 0.354 e. The SMILES string of the molecule is CC(C)c1ccc(-n2cc(NC(=O)c3cnn4ccc(N5CCNCC5)nc34)c(C(F)F)n2)cc1. The lowest BCUT2D eigenvalue weighted by molar-refractivity contribution is 0.102. The Hall–Kier alpha value is -3.86. The zero-order chi connectivity index (χ0) is 24.5. The van der Waals surface area contributed by atoms with Crippen LogP contribution in [0.25, 0.3) is 11.3 Å². The highest BCUT2D eigenvalue weighted by Gasteiger charge is 2.23. The molecule has 1 aromatic carbocycles. The Labute approximate surface area is 200 Å². The number of halogens is 2. The number of fused-ring (bicyclic) bond motifs is 1. The number of alkyl halides is 2. The number of carbonyl (C=O) groups excluding carboxylic acids is 1. The van der Waals surface area contributed by atoms with Gasteiger partial charge in [0.05, 0.1) is 23.8 Å². The summed E-state index contributed by atoms with van der Waals surface area (Å²) in [5, 5.41) is 14.1. The smallest absolute Gasteiger partial charge is 0.284 e. The van der Waals surface area contributed by atoms with Gasteiger partial charge in [0.2, 0.25) is 0 Å². The van der Waals surface area contributed by atoms with Crippen molar-refractivity contribution < 1.29 is 13.6 Å². The van der Waals surface area contributed by atoms with Crippen molar-refractivity contribution in [1.29, 1.82) is 0 Å². The Morgan fingerprint density at radius 3 is 2.54 bits per heavy atom. The van der Waals surface area contributed by atoms with Crippen molar-refractivity contribution in [3.05, 3.63) is 65.7 Å². The van der Waals surface area contributed by atoms with Crippen molar-refractivity contribution in [2.45, 2.75) is 26.2 Å². The first-order valence-electron chi connectivity index (χ1n) is 11.5. The maximum absolute atomic E-state index is 13.8. The summed E-state index contributed by atoms with van der Waals surface area (Å²) in [5.41, 5.74) is 1.73. The van der Waals surface area contributed by atoms with E-state index in [0.29, 0.717) is 17.3 Å². The van der Waals surface area contributed by atoms with Crippen LogP contribution in [0.1, 0.15) is 47.8 Å². The van der Waals surface area contributed by atoms with Crippen LogP contribution in [0.5, 0.6) is 0 Å². The van der Waals surface area contributed by atoms with Crippen LogP contribution in [0, 0.1) is 0 Å². The summed E-state index contributed by atoms with van der Waals surface area (Å²) in [6.07, 6.45) is 1.66. The number of hydrogen-bond acceptors (Lipinski definition) is 6. The van der Waals surface area contributed by atoms with Crippen molar-refractivity contribution in [1.82, 2.24) is 29.7 Å². The molecule has 0 unspecified atom stereocenters. The molecule has 0 atom stereocenters. The zero-order valence-electron chi connectivity index (χ0n) is 19.4. The molecule has 1 saturated heterocycles. The Kier molecular flexibility index (Phi) is 6.16. The molecular weight excluding hydrogens is 454 g/mol. The summed E-state index contributed by atoms with van der Waals surface area (Å²) in [6, 6.07) is 9.34. The molecule has 2 N–H and O–H groups in total. The van der Waals surface area contributed by atoms with Crippen molar-refractivity contribution in [3.8, 4) is 5.69 Å². The maximum Gasteiger partial charge on any atom is 0.284 e. The van der Waals surface area contributed by atoms with Crippen LogP contribution in [0.4, 0.5) is 20.3 Å². The minimum Gasteiger partial charge on any atom is -0.354 e. The molecule has 182 valence electrons. The van der Waals surface area contributed by atoms with Crippen LogP contribution >= 0.6 is 0 Å². The lowest BCUT2D eigenvalue weighted by Crippen LogP contribution is -2.43. The number of benzene rings is 1. The molecule has 9 nitrogen and oxygen atoms in total. The van der Waals surface area contributed by atoms with Gasteiger partial charge in [-0.2, -0.15) is 10.2 Å². The minimum atomic E-state index is -2.86. The van der Waals surface area contributed by atoms with Crippen molar-refractivity contribution in [2.24, 2.45) is 0 Å². The molecule has 0 radical (unpaired) electrons. The van der Waals surface area contributed by atoms with Gasteiger partial charge in [0.1, 0.15) is 11.4 Å². The van der Waals surface area contributed by atoms with E-state index in [1.54, 1.807) is 6.20 Å². The van der Waals surface area contributed by atoms with E-state index in [1.807, 2.05) is 30.3 Å². The molecule has 4 heterocycles. The number of carbonyl (C=O) groups is 1. The number of hydrogen-bond donors (Lipinski definition) is 2. The maximum atomic E-state index is 13.8. The van der Waals surface area contributed by atoms with Gasteiger partial charge < -0.3 is 15.5 Å². The van der Waals surface area contributed by atoms with Crippen LogP contribution in [0.2, 0.25) is 0 Å². The van der Waals surface area contributed by atoms with Crippen LogP contribution in [-0.2, 0) is 0 Å². The van der Waals surface area contributed by atoms with Crippen LogP contribution in [0.15, 0.2) is 48.9 Å². The van der Waals surface area contributed by atoms with E-state index in [0.717, 1.165) is 37.6 Å². The monoisotopic (exact) mass is 480 g/mol. The Morgan fingerprint density at radius 1 is 1.11 bits per heavy atom. The van der Waals surface area contributed by atoms with Crippen LogP contribution < -0.4 is 15.5 Å². The molecule has 11 heteroatoms. The van der Waals surface area contributed by atoms with Gasteiger partial charge in [-0.25, -0.2) is 23.0 Å². The lowest BCUT2D eigenvalue weighted by atomic mass is 10.0. The van der Waals surface area contributed by atoms with Gasteiger partial charge in [-0.05, 0) is 29.7 Å². The van der Waals surface area contributed by atoms with Gasteiger partial charge in [-0.1, -0.05) is 26.0 Å². The highest BCUT2D eigenvalue weighted by molar-refractivity contribution is 6.08. The normalized spacial score (nSPS) is 14.3. The number of nitrogens with zero attached hydrogens (tertiary/aromatic N) is 6. The standard InChI is InChI=1S/C24H26F2N8O/c1-15(2)16-3-5-17(6-4-16)34-14-19(21(31-34)22(25)26)29-24(35)18-13-28-33-10-7-20(30-23(18)33)32-11-8-27-9-12-32/h3-7,10,13-15,22,27H,8-9,11-12H2,1-2H3,(H,29,35). The van der Waals surface area contributed by atoms with Crippen LogP contribution in [0.3, 0.4) is 0 Å². The van der Waals surface area contributed by atoms with Gasteiger partial charge >= 0.3 is 0 Å². The topological polar surface area (TPSA) is 92.4 Å². The first kappa shape index (κ1) is 22.9. The van der Waals surface area contributed by atoms with E-state index < -0.39 is 18.0 Å². The first-order chi connectivity index (χ1) is 16.9. The fourth-order valence-electron chi connectivity index (χ4n) is 4.07. The molecular formula is C24H26F2N8O. The number of nitrogens with one attached hydrogen (secondary N) is 2. The molecule has 0 bridgehead atoms. The Morgan fingerprint density at radius 2 is 1.86 bits per heavy atom. The number of amides is 1. The van der Waals surface area contributed by atoms with E-state index in [9.17, 15) is 13.6 Å². The number of anilines is 2. The minimum absolute atomic E-state index is 0.0597. The summed E-state index contributed by atoms with van der Waals surface area (Å²) in [5.74, 6) is 0.501. The fraction of sp³-hybridized carbons (Fsp3) is 0.333. The van der Waals surface area contributed by atoms with E-state index in [1.165, 1.54) is 21.6 Å². The van der Waals surface area contributed by atoms with E-state index in [2.05, 4.69) is 44.6 Å². The van der Waals surface area contributed by atoms with E-state index >= 15 is 0 Å². The first-order valence-corrected chi connectivity index (χ1v) is 11.5. The van der Waals surface area contributed by atoms with Crippen molar-refractivity contribution in [3.63, 3.8) is 0 Å². The Bertz CT molecular complexity index is 1340. The summed E-state index contributed by atoms with van der Waals surface area (Å²) < 4.78 is 30.4. The predicted molar refractivity (Wildman–Crippen MR) is 129 cm³/mol. The van der Waals surface area contributed by atoms with Crippen LogP contribution in [-0.4, -0.2) is 56.5 Å². The van der Waals surface area contributed by atoms with E-state index in [-0.39, 0.29) is 11.3 Å². The highest BCUT2D eigenvalue weighted by Crippen LogP contribution is 2.28. The number of piperazine rings is 1. The molecule has 35 heavy (non-hydrogen) atoms. The molecule has 1 amide bonds. The van der Waals surface area contributed by atoms with E-state index in [4.69, 9.17) is 0 Å². The summed E-state index contributed by atoms with van der Waals surface area (Å²) >= 11 is 0. The lowest BCUT2D eigenvalue weighted by Gasteiger charge is -2.28. The van der Waals surface area contributed by atoms with Gasteiger partial charge in [-0.15, -0.1) is 0 Å². The molecule has 0 spiro atoms. The summed E-state index contributed by atoms with van der Waals surface area (Å²) in [7, 11) is 0. The second-order valence-electron chi connectivity index (χ2n) is 8.72. The van der Waals surface area contributed by atoms with Crippen molar-refractivity contribution >= 4 is 23.1 Å². The number of rotatable bonds is 6. The molecule has 3 aromatic heterocycles. The Balaban J connectivity index is 1.43. The third kappa shape index (κ3) is 4.59. The van der Waals surface area contributed by atoms with Gasteiger partial charge in [0, 0.05) is 32.4 Å². The van der Waals surface area contributed by atoms with Gasteiger partial charge in [-0.3, -0.25) is 4.79 Å². The quantitative estimate of drug-likeness (QED) is 0.438. The van der Waals surface area contributed by atoms with Crippen molar-refractivity contribution in [2.75, 3.05) is 36.4 Å². The summed E-state index contributed by atoms with van der Waals surface area (Å²) in [4.78, 5) is 19.8. The third-order valence-electron chi connectivity index (χ3n) is 6.06. The third-order valence-corrected chi connectivity index (χ3v) is 6.06. The second-order valence-corrected chi connectivity index (χ2v) is 8.72.